The van der Waals surface area contributed by atoms with Gasteiger partial charge in [0.15, 0.2) is 0 Å². The number of aliphatic hydroxyl groups is 1. The van der Waals surface area contributed by atoms with Gasteiger partial charge < -0.3 is 15.7 Å². The molecule has 34 heavy (non-hydrogen) atoms. The average molecular weight is 488 g/mol. The molecule has 6 fully saturated rings. The fourth-order valence-electron chi connectivity index (χ4n) is 7.67. The van der Waals surface area contributed by atoms with Crippen LogP contribution in [0.4, 0.5) is 0 Å². The van der Waals surface area contributed by atoms with E-state index in [4.69, 9.17) is 10.3 Å². The number of rotatable bonds is 3. The molecule has 0 radical (unpaired) electrons. The monoisotopic (exact) mass is 487 g/mol. The smallest absolute Gasteiger partial charge is 0.294 e. The number of piperidine rings is 1. The van der Waals surface area contributed by atoms with E-state index >= 15 is 0 Å². The van der Waals surface area contributed by atoms with Crippen molar-refractivity contribution in [2.75, 3.05) is 0 Å². The molecule has 1 heterocycles. The summed E-state index contributed by atoms with van der Waals surface area (Å²) >= 11 is 0. The zero-order valence-electron chi connectivity index (χ0n) is 19.4. The van der Waals surface area contributed by atoms with E-state index in [1.807, 2.05) is 6.92 Å². The molecule has 4 bridgehead atoms. The molecule has 4 N–H and O–H groups in total. The van der Waals surface area contributed by atoms with Crippen molar-refractivity contribution in [1.29, 1.82) is 5.26 Å². The fourth-order valence-corrected chi connectivity index (χ4v) is 8.15. The van der Waals surface area contributed by atoms with E-state index in [1.54, 1.807) is 17.0 Å². The summed E-state index contributed by atoms with van der Waals surface area (Å²) in [6, 6.07) is 7.71. The summed E-state index contributed by atoms with van der Waals surface area (Å²) in [5.74, 6) is 1.56. The van der Waals surface area contributed by atoms with Crippen LogP contribution >= 0.6 is 0 Å². The predicted octanol–water partition coefficient (Wildman–Crippen LogP) is 2.40. The Kier molecular flexibility index (Phi) is 5.60. The third-order valence-corrected chi connectivity index (χ3v) is 9.70. The van der Waals surface area contributed by atoms with Crippen molar-refractivity contribution in [1.82, 2.24) is 4.90 Å². The van der Waals surface area contributed by atoms with Crippen LogP contribution in [0.15, 0.2) is 29.2 Å². The maximum atomic E-state index is 13.1. The van der Waals surface area contributed by atoms with Crippen LogP contribution in [0.5, 0.6) is 0 Å². The lowest BCUT2D eigenvalue weighted by Crippen LogP contribution is -2.64. The summed E-state index contributed by atoms with van der Waals surface area (Å²) in [4.78, 5) is 14.9. The van der Waals surface area contributed by atoms with Crippen molar-refractivity contribution in [2.24, 2.45) is 28.9 Å². The van der Waals surface area contributed by atoms with Gasteiger partial charge >= 0.3 is 0 Å². The third kappa shape index (κ3) is 4.15. The second-order valence-corrected chi connectivity index (χ2v) is 12.9. The summed E-state index contributed by atoms with van der Waals surface area (Å²) in [6.07, 6.45) is 7.48. The number of likely N-dealkylation sites (tertiary alicyclic amines) is 1. The van der Waals surface area contributed by atoms with E-state index in [0.717, 1.165) is 44.1 Å². The molecule has 0 spiro atoms. The second kappa shape index (κ2) is 8.02. The zero-order valence-corrected chi connectivity index (χ0v) is 20.2. The summed E-state index contributed by atoms with van der Waals surface area (Å²) < 4.78 is 29.6. The van der Waals surface area contributed by atoms with Gasteiger partial charge in [-0.3, -0.25) is 9.35 Å². The second-order valence-electron chi connectivity index (χ2n) is 11.5. The summed E-state index contributed by atoms with van der Waals surface area (Å²) in [6.45, 7) is 1.84. The van der Waals surface area contributed by atoms with Gasteiger partial charge in [-0.05, 0) is 93.6 Å². The minimum Gasteiger partial charge on any atom is -0.390 e. The molecule has 0 aromatic heterocycles. The van der Waals surface area contributed by atoms with E-state index in [2.05, 4.69) is 6.07 Å². The number of carbonyl (C=O) groups is 1. The summed E-state index contributed by atoms with van der Waals surface area (Å²) in [5, 5.41) is 20.2. The molecule has 9 heteroatoms. The molecule has 1 aliphatic heterocycles. The van der Waals surface area contributed by atoms with Gasteiger partial charge in [0.1, 0.15) is 6.04 Å². The minimum atomic E-state index is -4.02. The Hall–Kier alpha value is -1.99. The van der Waals surface area contributed by atoms with Crippen molar-refractivity contribution in [2.45, 2.75) is 86.9 Å². The molecular weight excluding hydrogens is 454 g/mol. The standard InChI is InChI=1S/C18H25N3O2.C7H8O3S/c19-8-13-2-12-3-14(12)21(13)16(22)15(20)17-4-10-1-11(5-17)7-18(23,6-10)9-17;1-6-2-4-7(5-3-6)11(8,9)10/h10-15,23H,1-7,9,20H2;2-5H,1H3,(H,8,9,10)/t10-,11+,12-,13+,14+,15-,17?,18?;/m1./s1. The van der Waals surface area contributed by atoms with Gasteiger partial charge in [-0.2, -0.15) is 13.7 Å². The van der Waals surface area contributed by atoms with E-state index in [0.29, 0.717) is 24.2 Å². The first kappa shape index (κ1) is 23.7. The van der Waals surface area contributed by atoms with Gasteiger partial charge in [-0.1, -0.05) is 17.7 Å². The van der Waals surface area contributed by atoms with Crippen LogP contribution in [-0.4, -0.2) is 52.6 Å². The lowest BCUT2D eigenvalue weighted by Gasteiger charge is -2.61. The highest BCUT2D eigenvalue weighted by Gasteiger charge is 2.62. The predicted molar refractivity (Wildman–Crippen MR) is 124 cm³/mol. The Bertz CT molecular complexity index is 1110. The molecule has 5 aliphatic carbocycles. The molecule has 1 saturated heterocycles. The summed E-state index contributed by atoms with van der Waals surface area (Å²) in [5.41, 5.74) is 6.67. The molecular formula is C25H33N3O5S. The summed E-state index contributed by atoms with van der Waals surface area (Å²) in [7, 11) is -4.02. The van der Waals surface area contributed by atoms with Crippen LogP contribution in [0, 0.1) is 41.4 Å². The third-order valence-electron chi connectivity index (χ3n) is 8.83. The van der Waals surface area contributed by atoms with Crippen molar-refractivity contribution in [3.8, 4) is 6.07 Å². The molecule has 5 saturated carbocycles. The molecule has 1 amide bonds. The van der Waals surface area contributed by atoms with Crippen LogP contribution in [-0.2, 0) is 14.9 Å². The lowest BCUT2D eigenvalue weighted by molar-refractivity contribution is -0.177. The SMILES string of the molecule is Cc1ccc(S(=O)(=O)O)cc1.N#C[C@@H]1C[C@@H]2C[C@@H]2N1C(=O)[C@@H](N)C12C[C@@H]3C[C@@H](CC(O)(C3)C1)C2. The molecule has 6 aliphatic rings. The van der Waals surface area contributed by atoms with Crippen molar-refractivity contribution >= 4 is 16.0 Å². The van der Waals surface area contributed by atoms with Crippen molar-refractivity contribution < 1.29 is 22.9 Å². The first-order valence-electron chi connectivity index (χ1n) is 12.2. The molecule has 8 nitrogen and oxygen atoms in total. The van der Waals surface area contributed by atoms with Gasteiger partial charge in [0.25, 0.3) is 10.1 Å². The molecule has 8 atom stereocenters. The Morgan fingerprint density at radius 3 is 2.29 bits per heavy atom. The number of nitrogens with zero attached hydrogens (tertiary/aromatic N) is 2. The highest BCUT2D eigenvalue weighted by molar-refractivity contribution is 7.85. The largest absolute Gasteiger partial charge is 0.390 e. The number of carbonyl (C=O) groups excluding carboxylic acids is 1. The quantitative estimate of drug-likeness (QED) is 0.555. The van der Waals surface area contributed by atoms with Crippen LogP contribution in [0.3, 0.4) is 0 Å². The number of nitriles is 1. The number of aryl methyl sites for hydroxylation is 1. The Balaban J connectivity index is 0.000000186. The Morgan fingerprint density at radius 2 is 1.76 bits per heavy atom. The number of hydrogen-bond donors (Lipinski definition) is 3. The molecule has 184 valence electrons. The van der Waals surface area contributed by atoms with E-state index in [9.17, 15) is 23.6 Å². The van der Waals surface area contributed by atoms with Gasteiger partial charge in [0.05, 0.1) is 22.6 Å². The van der Waals surface area contributed by atoms with Crippen LogP contribution in [0.2, 0.25) is 0 Å². The lowest BCUT2D eigenvalue weighted by atomic mass is 9.46. The maximum Gasteiger partial charge on any atom is 0.294 e. The van der Waals surface area contributed by atoms with E-state index in [-0.39, 0.29) is 28.3 Å². The number of fused-ring (bicyclic) bond motifs is 1. The first-order valence-corrected chi connectivity index (χ1v) is 13.6. The fraction of sp³-hybridized carbons (Fsp3) is 0.680. The number of amides is 1. The van der Waals surface area contributed by atoms with Gasteiger partial charge in [-0.15, -0.1) is 0 Å². The van der Waals surface area contributed by atoms with Crippen LogP contribution in [0.25, 0.3) is 0 Å². The number of nitrogens with two attached hydrogens (primary N) is 1. The molecule has 1 aromatic carbocycles. The van der Waals surface area contributed by atoms with Gasteiger partial charge in [0, 0.05) is 6.04 Å². The zero-order chi connectivity index (χ0) is 24.5. The molecule has 7 rings (SSSR count). The van der Waals surface area contributed by atoms with Crippen molar-refractivity contribution in [3.05, 3.63) is 29.8 Å². The topological polar surface area (TPSA) is 145 Å². The Morgan fingerprint density at radius 1 is 1.15 bits per heavy atom. The maximum absolute atomic E-state index is 13.1. The number of hydrogen-bond acceptors (Lipinski definition) is 6. The van der Waals surface area contributed by atoms with Crippen molar-refractivity contribution in [3.63, 3.8) is 0 Å². The highest BCUT2D eigenvalue weighted by atomic mass is 32.2. The first-order chi connectivity index (χ1) is 15.9. The molecule has 1 aromatic rings. The van der Waals surface area contributed by atoms with Crippen LogP contribution in [0.1, 0.15) is 56.9 Å². The van der Waals surface area contributed by atoms with E-state index < -0.39 is 21.8 Å². The van der Waals surface area contributed by atoms with Gasteiger partial charge in [-0.25, -0.2) is 0 Å². The minimum absolute atomic E-state index is 0.0212. The van der Waals surface area contributed by atoms with Crippen LogP contribution < -0.4 is 5.73 Å². The normalized spacial score (nSPS) is 40.1. The van der Waals surface area contributed by atoms with E-state index in [1.165, 1.54) is 18.6 Å². The highest BCUT2D eigenvalue weighted by Crippen LogP contribution is 2.63. The molecule has 2 unspecified atom stereocenters. The average Bonchev–Trinajstić information content (AvgIpc) is 3.40. The van der Waals surface area contributed by atoms with Gasteiger partial charge in [0.2, 0.25) is 5.91 Å². The number of benzene rings is 1. The Labute approximate surface area is 200 Å².